The molecule has 7 atom stereocenters. The van der Waals surface area contributed by atoms with Crippen LogP contribution in [0.3, 0.4) is 0 Å². The van der Waals surface area contributed by atoms with Crippen LogP contribution in [-0.2, 0) is 14.3 Å². The van der Waals surface area contributed by atoms with E-state index in [9.17, 15) is 30.3 Å². The van der Waals surface area contributed by atoms with E-state index in [0.717, 1.165) is 64.2 Å². The van der Waals surface area contributed by atoms with Gasteiger partial charge in [-0.1, -0.05) is 99.6 Å². The Balaban J connectivity index is 2.33. The molecule has 6 N–H and O–H groups in total. The summed E-state index contributed by atoms with van der Waals surface area (Å²) in [4.78, 5) is 12.7. The topological polar surface area (TPSA) is 149 Å². The average molecular weight is 634 g/mol. The molecule has 1 rings (SSSR count). The molecule has 1 aliphatic rings. The Hall–Kier alpha value is -2.37. The zero-order chi connectivity index (χ0) is 33.1. The molecule has 9 heteroatoms. The maximum Gasteiger partial charge on any atom is 0.220 e. The Bertz CT molecular complexity index is 926. The number of nitrogens with one attached hydrogen (secondary N) is 1. The highest BCUT2D eigenvalue weighted by molar-refractivity contribution is 5.76. The normalized spacial score (nSPS) is 24.3. The van der Waals surface area contributed by atoms with Crippen LogP contribution in [0.2, 0.25) is 0 Å². The average Bonchev–Trinajstić information content (AvgIpc) is 3.03. The summed E-state index contributed by atoms with van der Waals surface area (Å²) in [6.45, 7) is 3.36. The molecule has 45 heavy (non-hydrogen) atoms. The molecule has 1 heterocycles. The third kappa shape index (κ3) is 19.0. The highest BCUT2D eigenvalue weighted by Crippen LogP contribution is 2.22. The fourth-order valence-electron chi connectivity index (χ4n) is 4.54. The summed E-state index contributed by atoms with van der Waals surface area (Å²) in [5, 5.41) is 53.1. The van der Waals surface area contributed by atoms with E-state index in [1.54, 1.807) is 6.08 Å². The number of rotatable bonds is 24. The van der Waals surface area contributed by atoms with Crippen molar-refractivity contribution in [1.82, 2.24) is 5.32 Å². The van der Waals surface area contributed by atoms with Crippen molar-refractivity contribution in [1.29, 1.82) is 0 Å². The largest absolute Gasteiger partial charge is 0.394 e. The number of aliphatic hydroxyl groups excluding tert-OH is 5. The van der Waals surface area contributed by atoms with Gasteiger partial charge in [-0.25, -0.2) is 0 Å². The van der Waals surface area contributed by atoms with Crippen LogP contribution in [0.1, 0.15) is 90.9 Å². The third-order valence-electron chi connectivity index (χ3n) is 7.27. The van der Waals surface area contributed by atoms with Crippen LogP contribution >= 0.6 is 0 Å². The first kappa shape index (κ1) is 40.7. The van der Waals surface area contributed by atoms with E-state index in [4.69, 9.17) is 9.47 Å². The first-order chi connectivity index (χ1) is 21.8. The summed E-state index contributed by atoms with van der Waals surface area (Å²) in [6.07, 6.45) is 27.5. The van der Waals surface area contributed by atoms with Gasteiger partial charge in [0.25, 0.3) is 0 Å². The van der Waals surface area contributed by atoms with Crippen LogP contribution in [0.15, 0.2) is 72.9 Å². The van der Waals surface area contributed by atoms with Crippen LogP contribution in [-0.4, -0.2) is 87.5 Å². The van der Waals surface area contributed by atoms with Gasteiger partial charge in [0.05, 0.1) is 25.4 Å². The number of carbonyl (C=O) groups is 1. The van der Waals surface area contributed by atoms with Gasteiger partial charge in [-0.05, 0) is 57.8 Å². The predicted molar refractivity (Wildman–Crippen MR) is 179 cm³/mol. The Kier molecular flexibility index (Phi) is 24.2. The molecule has 1 fully saturated rings. The van der Waals surface area contributed by atoms with Crippen molar-refractivity contribution in [3.63, 3.8) is 0 Å². The van der Waals surface area contributed by atoms with Gasteiger partial charge >= 0.3 is 0 Å². The molecule has 7 unspecified atom stereocenters. The second kappa shape index (κ2) is 26.8. The molecule has 0 saturated carbocycles. The quantitative estimate of drug-likeness (QED) is 0.0662. The minimum Gasteiger partial charge on any atom is -0.394 e. The van der Waals surface area contributed by atoms with Gasteiger partial charge in [0.1, 0.15) is 24.4 Å². The zero-order valence-corrected chi connectivity index (χ0v) is 27.3. The summed E-state index contributed by atoms with van der Waals surface area (Å²) >= 11 is 0. The molecule has 0 radical (unpaired) electrons. The second-order valence-electron chi connectivity index (χ2n) is 11.2. The Morgan fingerprint density at radius 2 is 1.38 bits per heavy atom. The van der Waals surface area contributed by atoms with Crippen LogP contribution in [0.25, 0.3) is 0 Å². The van der Waals surface area contributed by atoms with E-state index in [0.29, 0.717) is 12.8 Å². The fourth-order valence-corrected chi connectivity index (χ4v) is 4.54. The highest BCUT2D eigenvalue weighted by atomic mass is 16.7. The number of aliphatic hydroxyl groups is 5. The summed E-state index contributed by atoms with van der Waals surface area (Å²) in [6, 6.07) is -0.820. The molecule has 0 bridgehead atoms. The van der Waals surface area contributed by atoms with E-state index in [1.807, 2.05) is 13.0 Å². The van der Waals surface area contributed by atoms with Crippen molar-refractivity contribution in [3.8, 4) is 0 Å². The van der Waals surface area contributed by atoms with Gasteiger partial charge in [0.2, 0.25) is 5.91 Å². The van der Waals surface area contributed by atoms with Crippen molar-refractivity contribution >= 4 is 5.91 Å². The first-order valence-electron chi connectivity index (χ1n) is 16.7. The lowest BCUT2D eigenvalue weighted by Crippen LogP contribution is -2.60. The predicted octanol–water partition coefficient (Wildman–Crippen LogP) is 4.71. The van der Waals surface area contributed by atoms with Crippen molar-refractivity contribution in [2.75, 3.05) is 13.2 Å². The summed E-state index contributed by atoms with van der Waals surface area (Å²) < 4.78 is 11.0. The minimum absolute atomic E-state index is 0.212. The second-order valence-corrected chi connectivity index (χ2v) is 11.2. The fraction of sp³-hybridized carbons (Fsp3) is 0.639. The third-order valence-corrected chi connectivity index (χ3v) is 7.27. The Morgan fingerprint density at radius 1 is 0.778 bits per heavy atom. The molecular formula is C36H59NO8. The van der Waals surface area contributed by atoms with Crippen LogP contribution in [0.4, 0.5) is 0 Å². The lowest BCUT2D eigenvalue weighted by atomic mass is 9.99. The lowest BCUT2D eigenvalue weighted by Gasteiger charge is -2.40. The number of amides is 1. The summed E-state index contributed by atoms with van der Waals surface area (Å²) in [5.74, 6) is -0.227. The van der Waals surface area contributed by atoms with E-state index in [1.165, 1.54) is 0 Å². The number of unbranched alkanes of at least 4 members (excludes halogenated alkanes) is 4. The van der Waals surface area contributed by atoms with E-state index in [2.05, 4.69) is 73.0 Å². The lowest BCUT2D eigenvalue weighted by molar-refractivity contribution is -0.302. The molecule has 1 amide bonds. The van der Waals surface area contributed by atoms with Gasteiger partial charge in [-0.3, -0.25) is 4.79 Å². The number of carbonyl (C=O) groups excluding carboxylic acids is 1. The van der Waals surface area contributed by atoms with Crippen LogP contribution in [0.5, 0.6) is 0 Å². The maximum atomic E-state index is 12.7. The standard InChI is InChI=1S/C36H59NO8/c1-3-5-7-8-9-10-11-12-13-14-15-16-17-18-19-20-21-22-24-26-32(40)37-29(30(39)25-23-6-4-2)28-44-36-35(43)34(42)33(41)31(27-38)45-36/h5,7,9-10,12-13,15-16,18-19,23,25,29-31,33-36,38-39,41-43H,3-4,6,8,11,14,17,20-22,24,26-28H2,1-2H3,(H,37,40)/b7-5-,10-9-,13-12-,16-15-,19-18-,25-23+. The van der Waals surface area contributed by atoms with Gasteiger partial charge in [-0.2, -0.15) is 0 Å². The van der Waals surface area contributed by atoms with Crippen molar-refractivity contribution in [2.24, 2.45) is 0 Å². The molecule has 0 spiro atoms. The molecule has 0 aromatic heterocycles. The first-order valence-corrected chi connectivity index (χ1v) is 16.7. The van der Waals surface area contributed by atoms with Gasteiger partial charge in [-0.15, -0.1) is 0 Å². The molecule has 256 valence electrons. The molecular weight excluding hydrogens is 574 g/mol. The zero-order valence-electron chi connectivity index (χ0n) is 27.3. The van der Waals surface area contributed by atoms with Gasteiger partial charge in [0, 0.05) is 6.42 Å². The maximum absolute atomic E-state index is 12.7. The van der Waals surface area contributed by atoms with Crippen LogP contribution in [0, 0.1) is 0 Å². The van der Waals surface area contributed by atoms with E-state index >= 15 is 0 Å². The number of allylic oxidation sites excluding steroid dienone is 11. The Morgan fingerprint density at radius 3 is 1.96 bits per heavy atom. The summed E-state index contributed by atoms with van der Waals surface area (Å²) in [7, 11) is 0. The molecule has 0 aromatic carbocycles. The molecule has 9 nitrogen and oxygen atoms in total. The van der Waals surface area contributed by atoms with Crippen molar-refractivity contribution in [3.05, 3.63) is 72.9 Å². The molecule has 0 aromatic rings. The van der Waals surface area contributed by atoms with Crippen LogP contribution < -0.4 is 5.32 Å². The highest BCUT2D eigenvalue weighted by Gasteiger charge is 2.44. The van der Waals surface area contributed by atoms with Crippen molar-refractivity contribution in [2.45, 2.75) is 134 Å². The minimum atomic E-state index is -1.57. The van der Waals surface area contributed by atoms with Gasteiger partial charge in [0.15, 0.2) is 6.29 Å². The summed E-state index contributed by atoms with van der Waals surface area (Å²) in [5.41, 5.74) is 0. The number of hydrogen-bond acceptors (Lipinski definition) is 8. The Labute approximate surface area is 270 Å². The SMILES string of the molecule is CC/C=C\C/C=C\C/C=C\C/C=C\C/C=C\CCCCCC(=O)NC(COC1OC(CO)C(O)C(O)C1O)C(O)/C=C/CCC. The molecule has 1 saturated heterocycles. The van der Waals surface area contributed by atoms with E-state index in [-0.39, 0.29) is 12.5 Å². The van der Waals surface area contributed by atoms with E-state index < -0.39 is 49.5 Å². The molecule has 1 aliphatic heterocycles. The van der Waals surface area contributed by atoms with Crippen molar-refractivity contribution < 1.29 is 39.8 Å². The molecule has 0 aliphatic carbocycles. The monoisotopic (exact) mass is 633 g/mol. The number of ether oxygens (including phenoxy) is 2. The smallest absolute Gasteiger partial charge is 0.220 e. The van der Waals surface area contributed by atoms with Gasteiger partial charge < -0.3 is 40.3 Å². The number of hydrogen-bond donors (Lipinski definition) is 6.